The summed E-state index contributed by atoms with van der Waals surface area (Å²) in [4.78, 5) is 13.6. The average Bonchev–Trinajstić information content (AvgIpc) is 3.01. The summed E-state index contributed by atoms with van der Waals surface area (Å²) < 4.78 is 0. The molecule has 0 radical (unpaired) electrons. The first kappa shape index (κ1) is 13.8. The van der Waals surface area contributed by atoms with Gasteiger partial charge in [-0.15, -0.1) is 11.3 Å². The van der Waals surface area contributed by atoms with Crippen LogP contribution < -0.4 is 0 Å². The summed E-state index contributed by atoms with van der Waals surface area (Å²) in [6, 6.07) is 20.2. The van der Waals surface area contributed by atoms with Gasteiger partial charge in [0.2, 0.25) is 0 Å². The molecule has 0 aliphatic heterocycles. The van der Waals surface area contributed by atoms with Crippen LogP contribution >= 0.6 is 11.3 Å². The lowest BCUT2D eigenvalue weighted by Crippen LogP contribution is -2.05. The quantitative estimate of drug-likeness (QED) is 0.608. The number of thiophene rings is 1. The predicted octanol–water partition coefficient (Wildman–Crippen LogP) is 5.15. The van der Waals surface area contributed by atoms with E-state index >= 15 is 0 Å². The van der Waals surface area contributed by atoms with Crippen LogP contribution in [0, 0.1) is 6.92 Å². The molecule has 1 nitrogen and oxygen atoms in total. The van der Waals surface area contributed by atoms with Crippen LogP contribution in [0.4, 0.5) is 0 Å². The van der Waals surface area contributed by atoms with E-state index in [0.29, 0.717) is 6.42 Å². The minimum absolute atomic E-state index is 0.188. The molecule has 104 valence electrons. The van der Waals surface area contributed by atoms with Gasteiger partial charge in [0.25, 0.3) is 0 Å². The van der Waals surface area contributed by atoms with Gasteiger partial charge in [-0.3, -0.25) is 4.79 Å². The molecule has 3 rings (SSSR count). The maximum Gasteiger partial charge on any atom is 0.168 e. The monoisotopic (exact) mass is 292 g/mol. The lowest BCUT2D eigenvalue weighted by atomic mass is 9.93. The van der Waals surface area contributed by atoms with E-state index < -0.39 is 0 Å². The number of carbonyl (C=O) groups excluding carboxylic acids is 1. The zero-order chi connectivity index (χ0) is 14.7. The van der Waals surface area contributed by atoms with Gasteiger partial charge in [0.05, 0.1) is 0 Å². The van der Waals surface area contributed by atoms with Gasteiger partial charge in [0.1, 0.15) is 0 Å². The second kappa shape index (κ2) is 6.06. The van der Waals surface area contributed by atoms with E-state index in [0.717, 1.165) is 27.1 Å². The Morgan fingerprint density at radius 1 is 0.952 bits per heavy atom. The van der Waals surface area contributed by atoms with Crippen molar-refractivity contribution < 1.29 is 4.79 Å². The molecule has 0 amide bonds. The number of hydrogen-bond acceptors (Lipinski definition) is 2. The van der Waals surface area contributed by atoms with E-state index in [1.165, 1.54) is 0 Å². The van der Waals surface area contributed by atoms with Gasteiger partial charge >= 0.3 is 0 Å². The zero-order valence-corrected chi connectivity index (χ0v) is 12.7. The highest BCUT2D eigenvalue weighted by atomic mass is 32.1. The van der Waals surface area contributed by atoms with Gasteiger partial charge < -0.3 is 0 Å². The van der Waals surface area contributed by atoms with Crippen molar-refractivity contribution in [2.45, 2.75) is 13.3 Å². The first-order valence-corrected chi connectivity index (χ1v) is 7.84. The lowest BCUT2D eigenvalue weighted by molar-refractivity contribution is 0.0993. The topological polar surface area (TPSA) is 17.1 Å². The largest absolute Gasteiger partial charge is 0.294 e. The van der Waals surface area contributed by atoms with Gasteiger partial charge in [0, 0.05) is 16.9 Å². The average molecular weight is 292 g/mol. The van der Waals surface area contributed by atoms with Crippen LogP contribution in [0.5, 0.6) is 0 Å². The molecule has 3 aromatic rings. The number of hydrogen-bond donors (Lipinski definition) is 0. The van der Waals surface area contributed by atoms with E-state index in [9.17, 15) is 4.79 Å². The van der Waals surface area contributed by atoms with Crippen molar-refractivity contribution in [2.75, 3.05) is 0 Å². The number of carbonyl (C=O) groups is 1. The summed E-state index contributed by atoms with van der Waals surface area (Å²) >= 11 is 1.63. The van der Waals surface area contributed by atoms with E-state index in [-0.39, 0.29) is 5.78 Å². The van der Waals surface area contributed by atoms with Crippen LogP contribution in [-0.2, 0) is 6.42 Å². The van der Waals surface area contributed by atoms with E-state index in [1.54, 1.807) is 11.3 Å². The molecule has 0 saturated carbocycles. The van der Waals surface area contributed by atoms with Crippen molar-refractivity contribution in [1.29, 1.82) is 0 Å². The number of Topliss-reactive ketones (excluding diaryl/α,β-unsaturated/α-hetero) is 1. The molecule has 0 atom stereocenters. The van der Waals surface area contributed by atoms with Crippen molar-refractivity contribution in [2.24, 2.45) is 0 Å². The number of rotatable bonds is 4. The predicted molar refractivity (Wildman–Crippen MR) is 89.0 cm³/mol. The molecule has 1 heterocycles. The molecule has 1 aromatic heterocycles. The fourth-order valence-electron chi connectivity index (χ4n) is 2.53. The Bertz CT molecular complexity index is 743. The maximum absolute atomic E-state index is 12.5. The molecular formula is C19H16OS. The van der Waals surface area contributed by atoms with Gasteiger partial charge in [0.15, 0.2) is 5.78 Å². The Balaban J connectivity index is 1.95. The van der Waals surface area contributed by atoms with Crippen LogP contribution in [0.25, 0.3) is 11.1 Å². The highest BCUT2D eigenvalue weighted by Gasteiger charge is 2.13. The van der Waals surface area contributed by atoms with Gasteiger partial charge in [-0.1, -0.05) is 54.6 Å². The normalized spacial score (nSPS) is 10.5. The van der Waals surface area contributed by atoms with Crippen LogP contribution in [0.1, 0.15) is 20.8 Å². The summed E-state index contributed by atoms with van der Waals surface area (Å²) in [5.74, 6) is 0.188. The Kier molecular flexibility index (Phi) is 3.98. The SMILES string of the molecule is Cc1c(C(=O)Cc2cccs2)cccc1-c1ccccc1. The van der Waals surface area contributed by atoms with Crippen molar-refractivity contribution in [1.82, 2.24) is 0 Å². The molecule has 0 aliphatic rings. The first-order valence-electron chi connectivity index (χ1n) is 6.96. The molecule has 2 aromatic carbocycles. The van der Waals surface area contributed by atoms with Crippen molar-refractivity contribution in [3.63, 3.8) is 0 Å². The third-order valence-corrected chi connectivity index (χ3v) is 4.51. The van der Waals surface area contributed by atoms with Crippen molar-refractivity contribution in [3.8, 4) is 11.1 Å². The Morgan fingerprint density at radius 2 is 1.76 bits per heavy atom. The van der Waals surface area contributed by atoms with E-state index in [1.807, 2.05) is 54.8 Å². The second-order valence-electron chi connectivity index (χ2n) is 5.02. The zero-order valence-electron chi connectivity index (χ0n) is 11.9. The Labute approximate surface area is 128 Å². The van der Waals surface area contributed by atoms with Crippen LogP contribution in [0.3, 0.4) is 0 Å². The molecule has 0 N–H and O–H groups in total. The molecular weight excluding hydrogens is 276 g/mol. The smallest absolute Gasteiger partial charge is 0.168 e. The van der Waals surface area contributed by atoms with Gasteiger partial charge in [-0.25, -0.2) is 0 Å². The molecule has 2 heteroatoms. The third-order valence-electron chi connectivity index (χ3n) is 3.63. The maximum atomic E-state index is 12.5. The molecule has 0 saturated heterocycles. The molecule has 21 heavy (non-hydrogen) atoms. The standard InChI is InChI=1S/C19H16OS/c1-14-17(15-7-3-2-4-8-15)10-5-11-18(14)19(20)13-16-9-6-12-21-16/h2-12H,13H2,1H3. The summed E-state index contributed by atoms with van der Waals surface area (Å²) in [5, 5.41) is 2.01. The molecule has 0 unspecified atom stereocenters. The fraction of sp³-hybridized carbons (Fsp3) is 0.105. The van der Waals surface area contributed by atoms with E-state index in [2.05, 4.69) is 18.2 Å². The summed E-state index contributed by atoms with van der Waals surface area (Å²) in [7, 11) is 0. The molecule has 0 bridgehead atoms. The summed E-state index contributed by atoms with van der Waals surface area (Å²) in [5.41, 5.74) is 4.17. The Hall–Kier alpha value is -2.19. The summed E-state index contributed by atoms with van der Waals surface area (Å²) in [6.45, 7) is 2.03. The van der Waals surface area contributed by atoms with Crippen molar-refractivity contribution >= 4 is 17.1 Å². The minimum atomic E-state index is 0.188. The van der Waals surface area contributed by atoms with Gasteiger partial charge in [-0.2, -0.15) is 0 Å². The van der Waals surface area contributed by atoms with Crippen molar-refractivity contribution in [3.05, 3.63) is 82.0 Å². The molecule has 0 spiro atoms. The Morgan fingerprint density at radius 3 is 2.48 bits per heavy atom. The molecule has 0 aliphatic carbocycles. The lowest BCUT2D eigenvalue weighted by Gasteiger charge is -2.10. The first-order chi connectivity index (χ1) is 10.3. The molecule has 0 fully saturated rings. The highest BCUT2D eigenvalue weighted by Crippen LogP contribution is 2.26. The fourth-order valence-corrected chi connectivity index (χ4v) is 3.24. The van der Waals surface area contributed by atoms with Gasteiger partial charge in [-0.05, 0) is 35.1 Å². The summed E-state index contributed by atoms with van der Waals surface area (Å²) in [6.07, 6.45) is 0.483. The van der Waals surface area contributed by atoms with E-state index in [4.69, 9.17) is 0 Å². The number of ketones is 1. The van der Waals surface area contributed by atoms with Crippen LogP contribution in [0.15, 0.2) is 66.0 Å². The third kappa shape index (κ3) is 2.96. The minimum Gasteiger partial charge on any atom is -0.294 e. The van der Waals surface area contributed by atoms with Crippen LogP contribution in [0.2, 0.25) is 0 Å². The number of benzene rings is 2. The highest BCUT2D eigenvalue weighted by molar-refractivity contribution is 7.10. The second-order valence-corrected chi connectivity index (χ2v) is 6.06. The van der Waals surface area contributed by atoms with Crippen LogP contribution in [-0.4, -0.2) is 5.78 Å².